The maximum atomic E-state index is 12.8. The van der Waals surface area contributed by atoms with Crippen LogP contribution in [-0.4, -0.2) is 36.1 Å². The van der Waals surface area contributed by atoms with Gasteiger partial charge < -0.3 is 5.32 Å². The van der Waals surface area contributed by atoms with Crippen molar-refractivity contribution in [2.24, 2.45) is 0 Å². The number of nitrogens with zero attached hydrogens (tertiary/aromatic N) is 2. The molecule has 2 heterocycles. The van der Waals surface area contributed by atoms with Crippen molar-refractivity contribution in [1.82, 2.24) is 15.2 Å². The fourth-order valence-corrected chi connectivity index (χ4v) is 2.95. The van der Waals surface area contributed by atoms with Crippen LogP contribution in [0, 0.1) is 0 Å². The minimum absolute atomic E-state index is 0.0533. The molecule has 0 radical (unpaired) electrons. The Hall–Kier alpha value is -1.92. The van der Waals surface area contributed by atoms with Gasteiger partial charge in [0.2, 0.25) is 0 Å². The van der Waals surface area contributed by atoms with E-state index in [4.69, 9.17) is 0 Å². The number of rotatable bonds is 3. The first-order valence-electron chi connectivity index (χ1n) is 7.57. The van der Waals surface area contributed by atoms with Crippen LogP contribution in [0.2, 0.25) is 0 Å². The minimum atomic E-state index is -4.31. The van der Waals surface area contributed by atoms with E-state index >= 15 is 0 Å². The van der Waals surface area contributed by atoms with Gasteiger partial charge in [0.25, 0.3) is 0 Å². The molecule has 3 rings (SSSR count). The third-order valence-electron chi connectivity index (χ3n) is 4.09. The summed E-state index contributed by atoms with van der Waals surface area (Å²) in [5.74, 6) is 0. The number of nitrogens with one attached hydrogen (secondary N) is 1. The van der Waals surface area contributed by atoms with Crippen LogP contribution in [0.1, 0.15) is 22.7 Å². The Kier molecular flexibility index (Phi) is 4.63. The molecule has 3 nitrogen and oxygen atoms in total. The SMILES string of the molecule is FC(F)(F)c1ccc(C(c2ccncc2)N2CCNCC2)cc1. The smallest absolute Gasteiger partial charge is 0.314 e. The normalized spacial score (nSPS) is 17.9. The Labute approximate surface area is 133 Å². The highest BCUT2D eigenvalue weighted by atomic mass is 19.4. The molecule has 0 saturated carbocycles. The molecular formula is C17H18F3N3. The van der Waals surface area contributed by atoms with E-state index < -0.39 is 11.7 Å². The maximum absolute atomic E-state index is 12.8. The molecule has 0 bridgehead atoms. The van der Waals surface area contributed by atoms with Crippen LogP contribution in [0.25, 0.3) is 0 Å². The molecule has 6 heteroatoms. The number of alkyl halides is 3. The standard InChI is InChI=1S/C17H18F3N3/c18-17(19,20)15-3-1-13(2-4-15)16(14-5-7-21-8-6-14)23-11-9-22-10-12-23/h1-8,16,22H,9-12H2. The van der Waals surface area contributed by atoms with Gasteiger partial charge in [-0.2, -0.15) is 13.2 Å². The molecule has 122 valence electrons. The van der Waals surface area contributed by atoms with Gasteiger partial charge in [0.1, 0.15) is 0 Å². The van der Waals surface area contributed by atoms with Gasteiger partial charge in [0.05, 0.1) is 11.6 Å². The predicted molar refractivity (Wildman–Crippen MR) is 82.0 cm³/mol. The molecule has 1 aromatic heterocycles. The van der Waals surface area contributed by atoms with E-state index in [9.17, 15) is 13.2 Å². The van der Waals surface area contributed by atoms with Crippen molar-refractivity contribution in [3.8, 4) is 0 Å². The van der Waals surface area contributed by atoms with Gasteiger partial charge in [-0.1, -0.05) is 12.1 Å². The molecule has 1 aromatic carbocycles. The summed E-state index contributed by atoms with van der Waals surface area (Å²) in [6.07, 6.45) is -0.872. The van der Waals surface area contributed by atoms with E-state index in [1.54, 1.807) is 24.5 Å². The molecule has 1 aliphatic rings. The maximum Gasteiger partial charge on any atom is 0.416 e. The molecule has 1 atom stereocenters. The summed E-state index contributed by atoms with van der Waals surface area (Å²) in [5.41, 5.74) is 1.29. The number of hydrogen-bond donors (Lipinski definition) is 1. The van der Waals surface area contributed by atoms with Crippen LogP contribution < -0.4 is 5.32 Å². The minimum Gasteiger partial charge on any atom is -0.314 e. The fraction of sp³-hybridized carbons (Fsp3) is 0.353. The van der Waals surface area contributed by atoms with Crippen LogP contribution in [0.4, 0.5) is 13.2 Å². The van der Waals surface area contributed by atoms with Crippen LogP contribution in [0.15, 0.2) is 48.8 Å². The van der Waals surface area contributed by atoms with Gasteiger partial charge in [-0.3, -0.25) is 9.88 Å². The van der Waals surface area contributed by atoms with E-state index in [-0.39, 0.29) is 6.04 Å². The van der Waals surface area contributed by atoms with E-state index in [0.717, 1.165) is 49.4 Å². The first kappa shape index (κ1) is 16.0. The molecule has 1 N–H and O–H groups in total. The largest absolute Gasteiger partial charge is 0.416 e. The Morgan fingerprint density at radius 3 is 2.04 bits per heavy atom. The summed E-state index contributed by atoms with van der Waals surface area (Å²) in [6.45, 7) is 3.46. The quantitative estimate of drug-likeness (QED) is 0.941. The average Bonchev–Trinajstić information content (AvgIpc) is 2.57. The summed E-state index contributed by atoms with van der Waals surface area (Å²) in [7, 11) is 0. The number of halogens is 3. The second kappa shape index (κ2) is 6.68. The van der Waals surface area contributed by atoms with E-state index in [1.165, 1.54) is 0 Å². The van der Waals surface area contributed by atoms with Crippen molar-refractivity contribution >= 4 is 0 Å². The monoisotopic (exact) mass is 321 g/mol. The van der Waals surface area contributed by atoms with Crippen molar-refractivity contribution in [2.75, 3.05) is 26.2 Å². The van der Waals surface area contributed by atoms with Crippen LogP contribution >= 0.6 is 0 Å². The Bertz CT molecular complexity index is 620. The van der Waals surface area contributed by atoms with E-state index in [1.807, 2.05) is 12.1 Å². The number of piperazine rings is 1. The van der Waals surface area contributed by atoms with Gasteiger partial charge in [-0.05, 0) is 35.4 Å². The molecule has 1 unspecified atom stereocenters. The molecule has 1 aliphatic heterocycles. The van der Waals surface area contributed by atoms with Crippen molar-refractivity contribution in [1.29, 1.82) is 0 Å². The van der Waals surface area contributed by atoms with Crippen LogP contribution in [0.3, 0.4) is 0 Å². The number of hydrogen-bond acceptors (Lipinski definition) is 3. The zero-order valence-electron chi connectivity index (χ0n) is 12.6. The number of aromatic nitrogens is 1. The van der Waals surface area contributed by atoms with Crippen LogP contribution in [-0.2, 0) is 6.18 Å². The fourth-order valence-electron chi connectivity index (χ4n) is 2.95. The first-order chi connectivity index (χ1) is 11.1. The van der Waals surface area contributed by atoms with E-state index in [0.29, 0.717) is 0 Å². The van der Waals surface area contributed by atoms with Crippen molar-refractivity contribution in [3.05, 3.63) is 65.5 Å². The summed E-state index contributed by atoms with van der Waals surface area (Å²) in [5, 5.41) is 3.30. The van der Waals surface area contributed by atoms with Gasteiger partial charge >= 0.3 is 6.18 Å². The topological polar surface area (TPSA) is 28.2 Å². The molecule has 2 aromatic rings. The van der Waals surface area contributed by atoms with Gasteiger partial charge in [0.15, 0.2) is 0 Å². The van der Waals surface area contributed by atoms with Gasteiger partial charge in [0, 0.05) is 38.6 Å². The highest BCUT2D eigenvalue weighted by Crippen LogP contribution is 2.33. The highest BCUT2D eigenvalue weighted by Gasteiger charge is 2.31. The van der Waals surface area contributed by atoms with E-state index in [2.05, 4.69) is 15.2 Å². The molecule has 23 heavy (non-hydrogen) atoms. The molecule has 1 fully saturated rings. The summed E-state index contributed by atoms with van der Waals surface area (Å²) >= 11 is 0. The van der Waals surface area contributed by atoms with Crippen molar-refractivity contribution < 1.29 is 13.2 Å². The lowest BCUT2D eigenvalue weighted by Crippen LogP contribution is -2.45. The predicted octanol–water partition coefficient (Wildman–Crippen LogP) is 3.10. The summed E-state index contributed by atoms with van der Waals surface area (Å²) < 4.78 is 38.3. The number of benzene rings is 1. The third kappa shape index (κ3) is 3.71. The van der Waals surface area contributed by atoms with Crippen molar-refractivity contribution in [2.45, 2.75) is 12.2 Å². The molecule has 1 saturated heterocycles. The Morgan fingerprint density at radius 1 is 0.913 bits per heavy atom. The average molecular weight is 321 g/mol. The number of pyridine rings is 1. The molecular weight excluding hydrogens is 303 g/mol. The Morgan fingerprint density at radius 2 is 1.48 bits per heavy atom. The lowest BCUT2D eigenvalue weighted by atomic mass is 9.96. The molecule has 0 spiro atoms. The van der Waals surface area contributed by atoms with Crippen molar-refractivity contribution in [3.63, 3.8) is 0 Å². The molecule has 0 amide bonds. The van der Waals surface area contributed by atoms with Crippen LogP contribution in [0.5, 0.6) is 0 Å². The lowest BCUT2D eigenvalue weighted by Gasteiger charge is -2.35. The highest BCUT2D eigenvalue weighted by molar-refractivity contribution is 5.33. The Balaban J connectivity index is 1.94. The summed E-state index contributed by atoms with van der Waals surface area (Å²) in [6, 6.07) is 9.26. The third-order valence-corrected chi connectivity index (χ3v) is 4.09. The zero-order chi connectivity index (χ0) is 16.3. The van der Waals surface area contributed by atoms with Gasteiger partial charge in [-0.15, -0.1) is 0 Å². The van der Waals surface area contributed by atoms with Gasteiger partial charge in [-0.25, -0.2) is 0 Å². The lowest BCUT2D eigenvalue weighted by molar-refractivity contribution is -0.137. The second-order valence-electron chi connectivity index (χ2n) is 5.59. The second-order valence-corrected chi connectivity index (χ2v) is 5.59. The molecule has 0 aliphatic carbocycles. The zero-order valence-corrected chi connectivity index (χ0v) is 12.6. The first-order valence-corrected chi connectivity index (χ1v) is 7.57. The summed E-state index contributed by atoms with van der Waals surface area (Å²) in [4.78, 5) is 6.32.